The zero-order valence-corrected chi connectivity index (χ0v) is 16.8. The van der Waals surface area contributed by atoms with Crippen LogP contribution < -0.4 is 5.32 Å². The van der Waals surface area contributed by atoms with Gasteiger partial charge in [0, 0.05) is 18.7 Å². The Kier molecular flexibility index (Phi) is 5.15. The number of ether oxygens (including phenoxy) is 1. The molecule has 1 aliphatic rings. The van der Waals surface area contributed by atoms with Crippen molar-refractivity contribution in [1.29, 1.82) is 0 Å². The molecular weight excluding hydrogens is 398 g/mol. The predicted molar refractivity (Wildman–Crippen MR) is 108 cm³/mol. The summed E-state index contributed by atoms with van der Waals surface area (Å²) >= 11 is 1.40. The number of anilines is 1. The molecule has 0 bridgehead atoms. The Morgan fingerprint density at radius 3 is 2.54 bits per heavy atom. The first-order valence-electron chi connectivity index (χ1n) is 8.80. The van der Waals surface area contributed by atoms with Gasteiger partial charge in [0.25, 0.3) is 5.91 Å². The highest BCUT2D eigenvalue weighted by Crippen LogP contribution is 2.28. The first-order valence-corrected chi connectivity index (χ1v) is 11.1. The third kappa shape index (κ3) is 3.66. The van der Waals surface area contributed by atoms with Crippen LogP contribution in [-0.2, 0) is 14.8 Å². The average Bonchev–Trinajstić information content (AvgIpc) is 3.12. The van der Waals surface area contributed by atoms with Crippen LogP contribution >= 0.6 is 11.3 Å². The van der Waals surface area contributed by atoms with Crippen LogP contribution in [0.4, 0.5) is 5.13 Å². The number of nitrogens with zero attached hydrogens (tertiary/aromatic N) is 2. The number of sulfonamides is 1. The van der Waals surface area contributed by atoms with Crippen molar-refractivity contribution >= 4 is 42.6 Å². The molecule has 0 radical (unpaired) electrons. The minimum atomic E-state index is -3.57. The Bertz CT molecular complexity index is 1120. The molecule has 1 N–H and O–H groups in total. The second-order valence-electron chi connectivity index (χ2n) is 6.44. The quantitative estimate of drug-likeness (QED) is 0.705. The second kappa shape index (κ2) is 7.59. The van der Waals surface area contributed by atoms with E-state index in [1.54, 1.807) is 0 Å². The number of hydrogen-bond donors (Lipinski definition) is 1. The summed E-state index contributed by atoms with van der Waals surface area (Å²) in [6, 6.07) is 11.8. The van der Waals surface area contributed by atoms with Gasteiger partial charge in [-0.05, 0) is 42.8 Å². The van der Waals surface area contributed by atoms with E-state index in [0.29, 0.717) is 37.0 Å². The predicted octanol–water partition coefficient (Wildman–Crippen LogP) is 2.88. The van der Waals surface area contributed by atoms with Crippen LogP contribution in [0.25, 0.3) is 10.2 Å². The van der Waals surface area contributed by atoms with E-state index in [9.17, 15) is 13.2 Å². The van der Waals surface area contributed by atoms with Gasteiger partial charge < -0.3 is 4.74 Å². The number of carbonyl (C=O) groups is 1. The van der Waals surface area contributed by atoms with Crippen LogP contribution in [0.5, 0.6) is 0 Å². The third-order valence-corrected chi connectivity index (χ3v) is 7.41. The smallest absolute Gasteiger partial charge is 0.257 e. The van der Waals surface area contributed by atoms with Gasteiger partial charge in [-0.3, -0.25) is 10.1 Å². The Labute approximate surface area is 167 Å². The maximum atomic E-state index is 12.7. The zero-order valence-electron chi connectivity index (χ0n) is 15.2. The van der Waals surface area contributed by atoms with Gasteiger partial charge in [-0.15, -0.1) is 0 Å². The molecule has 3 aromatic rings. The molecule has 146 valence electrons. The molecule has 0 aliphatic carbocycles. The van der Waals surface area contributed by atoms with Gasteiger partial charge in [0.05, 0.1) is 28.3 Å². The maximum absolute atomic E-state index is 12.7. The van der Waals surface area contributed by atoms with Crippen LogP contribution in [0.1, 0.15) is 15.9 Å². The molecule has 2 heterocycles. The summed E-state index contributed by atoms with van der Waals surface area (Å²) in [6.07, 6.45) is 0. The maximum Gasteiger partial charge on any atom is 0.257 e. The molecule has 0 saturated carbocycles. The Morgan fingerprint density at radius 2 is 1.86 bits per heavy atom. The molecule has 1 aromatic heterocycles. The highest BCUT2D eigenvalue weighted by molar-refractivity contribution is 7.89. The summed E-state index contributed by atoms with van der Waals surface area (Å²) in [7, 11) is -3.57. The van der Waals surface area contributed by atoms with Gasteiger partial charge in [-0.1, -0.05) is 23.5 Å². The first-order chi connectivity index (χ1) is 13.4. The van der Waals surface area contributed by atoms with Crippen molar-refractivity contribution in [2.24, 2.45) is 0 Å². The Balaban J connectivity index is 1.51. The van der Waals surface area contributed by atoms with Gasteiger partial charge >= 0.3 is 0 Å². The number of carbonyl (C=O) groups excluding carboxylic acids is 1. The first kappa shape index (κ1) is 19.0. The second-order valence-corrected chi connectivity index (χ2v) is 9.40. The van der Waals surface area contributed by atoms with Crippen LogP contribution in [-0.4, -0.2) is 49.9 Å². The summed E-state index contributed by atoms with van der Waals surface area (Å²) < 4.78 is 32.9. The van der Waals surface area contributed by atoms with Gasteiger partial charge in [-0.25, -0.2) is 13.4 Å². The van der Waals surface area contributed by atoms with Crippen molar-refractivity contribution in [3.63, 3.8) is 0 Å². The zero-order chi connectivity index (χ0) is 19.7. The fraction of sp³-hybridized carbons (Fsp3) is 0.263. The SMILES string of the molecule is Cc1cccc2sc(NC(=O)c3ccc(S(=O)(=O)N4CCOCC4)cc3)nc12. The van der Waals surface area contributed by atoms with E-state index in [2.05, 4.69) is 10.3 Å². The van der Waals surface area contributed by atoms with E-state index >= 15 is 0 Å². The van der Waals surface area contributed by atoms with Crippen molar-refractivity contribution in [3.8, 4) is 0 Å². The summed E-state index contributed by atoms with van der Waals surface area (Å²) in [5.74, 6) is -0.327. The molecule has 7 nitrogen and oxygen atoms in total. The minimum Gasteiger partial charge on any atom is -0.379 e. The number of thiazole rings is 1. The lowest BCUT2D eigenvalue weighted by Crippen LogP contribution is -2.40. The molecule has 0 spiro atoms. The molecule has 1 fully saturated rings. The topological polar surface area (TPSA) is 88.6 Å². The lowest BCUT2D eigenvalue weighted by molar-refractivity contribution is 0.0730. The third-order valence-electron chi connectivity index (χ3n) is 4.57. The van der Waals surface area contributed by atoms with Crippen molar-refractivity contribution < 1.29 is 17.9 Å². The molecular formula is C19H19N3O4S2. The normalized spacial score (nSPS) is 15.6. The highest BCUT2D eigenvalue weighted by atomic mass is 32.2. The fourth-order valence-corrected chi connectivity index (χ4v) is 5.37. The molecule has 1 saturated heterocycles. The number of aryl methyl sites for hydroxylation is 1. The summed E-state index contributed by atoms with van der Waals surface area (Å²) in [5.41, 5.74) is 2.29. The molecule has 4 rings (SSSR count). The van der Waals surface area contributed by atoms with Crippen LogP contribution in [0.2, 0.25) is 0 Å². The number of para-hydroxylation sites is 1. The average molecular weight is 418 g/mol. The van der Waals surface area contributed by atoms with Crippen molar-refractivity contribution in [2.45, 2.75) is 11.8 Å². The Hall–Kier alpha value is -2.33. The van der Waals surface area contributed by atoms with E-state index in [4.69, 9.17) is 4.74 Å². The number of hydrogen-bond acceptors (Lipinski definition) is 6. The van der Waals surface area contributed by atoms with Crippen LogP contribution in [0.3, 0.4) is 0 Å². The minimum absolute atomic E-state index is 0.168. The summed E-state index contributed by atoms with van der Waals surface area (Å²) in [6.45, 7) is 3.42. The standard InChI is InChI=1S/C19H19N3O4S2/c1-13-3-2-4-16-17(13)20-19(27-16)21-18(23)14-5-7-15(8-6-14)28(24,25)22-9-11-26-12-10-22/h2-8H,9-12H2,1H3,(H,20,21,23). The molecule has 1 aliphatic heterocycles. The molecule has 1 amide bonds. The largest absolute Gasteiger partial charge is 0.379 e. The molecule has 0 atom stereocenters. The number of rotatable bonds is 4. The molecule has 9 heteroatoms. The van der Waals surface area contributed by atoms with Crippen LogP contribution in [0.15, 0.2) is 47.4 Å². The number of benzene rings is 2. The van der Waals surface area contributed by atoms with Gasteiger partial charge in [-0.2, -0.15) is 4.31 Å². The summed E-state index contributed by atoms with van der Waals surface area (Å²) in [5, 5.41) is 3.30. The van der Waals surface area contributed by atoms with E-state index < -0.39 is 10.0 Å². The number of aromatic nitrogens is 1. The number of fused-ring (bicyclic) bond motifs is 1. The number of morpholine rings is 1. The Morgan fingerprint density at radius 1 is 1.14 bits per heavy atom. The van der Waals surface area contributed by atoms with Crippen molar-refractivity contribution in [1.82, 2.24) is 9.29 Å². The van der Waals surface area contributed by atoms with Gasteiger partial charge in [0.15, 0.2) is 5.13 Å². The van der Waals surface area contributed by atoms with E-state index in [-0.39, 0.29) is 10.8 Å². The number of nitrogens with one attached hydrogen (secondary N) is 1. The lowest BCUT2D eigenvalue weighted by Gasteiger charge is -2.26. The number of amides is 1. The van der Waals surface area contributed by atoms with Gasteiger partial charge in [0.1, 0.15) is 0 Å². The van der Waals surface area contributed by atoms with E-state index in [1.165, 1.54) is 39.9 Å². The lowest BCUT2D eigenvalue weighted by atomic mass is 10.2. The summed E-state index contributed by atoms with van der Waals surface area (Å²) in [4.78, 5) is 17.2. The molecule has 0 unspecified atom stereocenters. The van der Waals surface area contributed by atoms with E-state index in [0.717, 1.165) is 15.8 Å². The van der Waals surface area contributed by atoms with Gasteiger partial charge in [0.2, 0.25) is 10.0 Å². The monoisotopic (exact) mass is 417 g/mol. The molecule has 28 heavy (non-hydrogen) atoms. The molecule has 2 aromatic carbocycles. The fourth-order valence-electron chi connectivity index (χ4n) is 3.02. The van der Waals surface area contributed by atoms with Crippen molar-refractivity contribution in [3.05, 3.63) is 53.6 Å². The van der Waals surface area contributed by atoms with Crippen LogP contribution in [0, 0.1) is 6.92 Å². The van der Waals surface area contributed by atoms with E-state index in [1.807, 2.05) is 25.1 Å². The highest BCUT2D eigenvalue weighted by Gasteiger charge is 2.26. The van der Waals surface area contributed by atoms with Crippen molar-refractivity contribution in [2.75, 3.05) is 31.6 Å².